The molecule has 0 aliphatic carbocycles. The molecule has 0 atom stereocenters. The zero-order valence-corrected chi connectivity index (χ0v) is 39.0. The minimum absolute atomic E-state index is 0.691. The van der Waals surface area contributed by atoms with Crippen LogP contribution in [-0.2, 0) is 62.4 Å². The molecule has 0 bridgehead atoms. The number of rotatable bonds is 8. The SMILES string of the molecule is Cc1ccc(Cc2scc[n+]2Cc2ccccc2)cc1.FC(F)(F)c1cc([B-](c2cc(C(F)(F)F)cc(C(F)(F)F)c2)(c2cc(C(F)(F)F)cc(C(F)(F)F)c2)c2cc(C(F)(F)F)cc(C(F)(F)F)c2)cc(C(F)(F)F)c1. The molecule has 7 aromatic rings. The molecule has 0 radical (unpaired) electrons. The van der Waals surface area contributed by atoms with E-state index < -0.39 is 195 Å². The summed E-state index contributed by atoms with van der Waals surface area (Å²) in [6.07, 6.45) is -51.6. The van der Waals surface area contributed by atoms with Crippen LogP contribution in [0.25, 0.3) is 0 Å². The molecule has 0 amide bonds. The van der Waals surface area contributed by atoms with Crippen LogP contribution in [0.2, 0.25) is 0 Å². The first kappa shape index (κ1) is 59.6. The van der Waals surface area contributed by atoms with E-state index in [0.717, 1.165) is 13.0 Å². The predicted octanol–water partition coefficient (Wildman–Crippen LogP) is 15.2. The molecule has 0 spiro atoms. The Kier molecular flexibility index (Phi) is 16.2. The summed E-state index contributed by atoms with van der Waals surface area (Å²) in [4.78, 5) is 0. The Morgan fingerprint density at radius 3 is 0.883 bits per heavy atom. The summed E-state index contributed by atoms with van der Waals surface area (Å²) >= 11 is 1.83. The summed E-state index contributed by atoms with van der Waals surface area (Å²) in [5, 5.41) is 3.57. The quantitative estimate of drug-likeness (QED) is 0.0811. The molecule has 1 aromatic heterocycles. The molecule has 1 heterocycles. The summed E-state index contributed by atoms with van der Waals surface area (Å²) < 4.78 is 343. The van der Waals surface area contributed by atoms with Crippen molar-refractivity contribution >= 4 is 39.3 Å². The van der Waals surface area contributed by atoms with Crippen molar-refractivity contribution in [1.82, 2.24) is 0 Å². The van der Waals surface area contributed by atoms with Crippen molar-refractivity contribution in [3.63, 3.8) is 0 Å². The van der Waals surface area contributed by atoms with Crippen molar-refractivity contribution in [1.29, 1.82) is 0 Å². The summed E-state index contributed by atoms with van der Waals surface area (Å²) in [5.41, 5.74) is -26.2. The van der Waals surface area contributed by atoms with Crippen LogP contribution in [0.4, 0.5) is 105 Å². The van der Waals surface area contributed by atoms with Gasteiger partial charge in [0, 0.05) is 5.56 Å². The summed E-state index contributed by atoms with van der Waals surface area (Å²) in [6, 6.07) is 10.6. The van der Waals surface area contributed by atoms with Gasteiger partial charge in [0.1, 0.15) is 6.15 Å². The van der Waals surface area contributed by atoms with Crippen molar-refractivity contribution < 1.29 is 110 Å². The topological polar surface area (TPSA) is 3.88 Å². The van der Waals surface area contributed by atoms with Crippen molar-refractivity contribution in [3.8, 4) is 0 Å². The molecule has 0 aliphatic rings. The van der Waals surface area contributed by atoms with Gasteiger partial charge in [-0.15, -0.1) is 0 Å². The monoisotopic (exact) mass is 1140 g/mol. The molecular formula is C50H30BF24NS. The fourth-order valence-electron chi connectivity index (χ4n) is 8.35. The fourth-order valence-corrected chi connectivity index (χ4v) is 9.22. The number of halogens is 24. The normalized spacial score (nSPS) is 13.4. The minimum atomic E-state index is -6.13. The van der Waals surface area contributed by atoms with E-state index in [1.54, 1.807) is 0 Å². The van der Waals surface area contributed by atoms with Crippen LogP contribution in [0.3, 0.4) is 0 Å². The van der Waals surface area contributed by atoms with Gasteiger partial charge in [0.05, 0.1) is 56.3 Å². The van der Waals surface area contributed by atoms with Gasteiger partial charge in [-0.1, -0.05) is 120 Å². The minimum Gasteiger partial charge on any atom is -0.194 e. The lowest BCUT2D eigenvalue weighted by Crippen LogP contribution is -2.75. The third-order valence-electron chi connectivity index (χ3n) is 11.9. The number of aromatic nitrogens is 1. The number of hydrogen-bond acceptors (Lipinski definition) is 1. The van der Waals surface area contributed by atoms with Crippen molar-refractivity contribution in [3.05, 3.63) is 205 Å². The number of thiazole rings is 1. The molecule has 77 heavy (non-hydrogen) atoms. The second-order valence-corrected chi connectivity index (χ2v) is 18.3. The van der Waals surface area contributed by atoms with Crippen LogP contribution in [0.15, 0.2) is 139 Å². The fraction of sp³-hybridized carbons (Fsp3) is 0.220. The van der Waals surface area contributed by atoms with E-state index in [1.807, 2.05) is 11.3 Å². The maximum atomic E-state index is 14.2. The van der Waals surface area contributed by atoms with E-state index in [4.69, 9.17) is 0 Å². The smallest absolute Gasteiger partial charge is 0.194 e. The molecule has 1 nitrogen and oxygen atoms in total. The van der Waals surface area contributed by atoms with Gasteiger partial charge in [-0.2, -0.15) is 132 Å². The lowest BCUT2D eigenvalue weighted by atomic mass is 9.12. The second-order valence-electron chi connectivity index (χ2n) is 17.3. The van der Waals surface area contributed by atoms with Crippen LogP contribution in [0.5, 0.6) is 0 Å². The van der Waals surface area contributed by atoms with Crippen molar-refractivity contribution in [2.75, 3.05) is 0 Å². The number of hydrogen-bond donors (Lipinski definition) is 0. The number of benzene rings is 6. The summed E-state index contributed by atoms with van der Waals surface area (Å²) in [6.45, 7) is 3.08. The Morgan fingerprint density at radius 2 is 0.623 bits per heavy atom. The maximum Gasteiger partial charge on any atom is 0.416 e. The predicted molar refractivity (Wildman–Crippen MR) is 234 cm³/mol. The van der Waals surface area contributed by atoms with Crippen LogP contribution in [0, 0.1) is 6.92 Å². The highest BCUT2D eigenvalue weighted by Crippen LogP contribution is 2.41. The average Bonchev–Trinajstić information content (AvgIpc) is 3.73. The van der Waals surface area contributed by atoms with Gasteiger partial charge in [0.2, 0.25) is 5.01 Å². The molecule has 0 N–H and O–H groups in total. The zero-order chi connectivity index (χ0) is 57.7. The molecule has 0 saturated heterocycles. The van der Waals surface area contributed by atoms with Gasteiger partial charge < -0.3 is 0 Å². The van der Waals surface area contributed by atoms with E-state index in [0.29, 0.717) is 0 Å². The van der Waals surface area contributed by atoms with Crippen LogP contribution in [0.1, 0.15) is 66.2 Å². The Bertz CT molecular complexity index is 2750. The highest BCUT2D eigenvalue weighted by molar-refractivity contribution is 7.20. The van der Waals surface area contributed by atoms with Crippen LogP contribution < -0.4 is 26.4 Å². The van der Waals surface area contributed by atoms with Crippen molar-refractivity contribution in [2.24, 2.45) is 0 Å². The number of nitrogens with zero attached hydrogens (tertiary/aromatic N) is 1. The van der Waals surface area contributed by atoms with Gasteiger partial charge in [-0.3, -0.25) is 0 Å². The van der Waals surface area contributed by atoms with Gasteiger partial charge >= 0.3 is 49.4 Å². The largest absolute Gasteiger partial charge is 0.416 e. The molecule has 6 aromatic carbocycles. The summed E-state index contributed by atoms with van der Waals surface area (Å²) in [5.74, 6) is 0. The Morgan fingerprint density at radius 1 is 0.351 bits per heavy atom. The molecule has 0 saturated carbocycles. The van der Waals surface area contributed by atoms with Gasteiger partial charge in [-0.25, -0.2) is 0 Å². The molecule has 27 heteroatoms. The Hall–Kier alpha value is -6.67. The molecule has 0 fully saturated rings. The second kappa shape index (κ2) is 20.9. The lowest BCUT2D eigenvalue weighted by molar-refractivity contribution is -0.690. The maximum absolute atomic E-state index is 14.2. The standard InChI is InChI=1S/C32H12BF24.C18H18NS/c34-25(35,36)13-1-14(26(37,38)39)6-21(5-13)33(22-7-15(27(40,41)42)2-16(8-22)28(43,44)45,23-9-17(29(46,47)48)3-18(10-23)30(49,50)51)24-11-19(31(52,53)54)4-20(12-24)32(55,56)57;1-15-7-9-16(10-8-15)13-18-19(11-12-20-18)14-17-5-3-2-4-6-17/h1-12H;2-12H,13-14H2,1H3/q-1;+1. The van der Waals surface area contributed by atoms with E-state index in [1.165, 1.54) is 21.7 Å². The molecule has 0 unspecified atom stereocenters. The first-order chi connectivity index (χ1) is 35.1. The molecule has 0 aliphatic heterocycles. The van der Waals surface area contributed by atoms with E-state index in [2.05, 4.69) is 77.7 Å². The third-order valence-corrected chi connectivity index (χ3v) is 12.8. The summed E-state index contributed by atoms with van der Waals surface area (Å²) in [7, 11) is 0. The third kappa shape index (κ3) is 14.1. The first-order valence-corrected chi connectivity index (χ1v) is 22.4. The van der Waals surface area contributed by atoms with Crippen LogP contribution >= 0.6 is 11.3 Å². The van der Waals surface area contributed by atoms with E-state index in [9.17, 15) is 105 Å². The molecule has 7 rings (SSSR count). The van der Waals surface area contributed by atoms with Gasteiger partial charge in [0.15, 0.2) is 12.7 Å². The zero-order valence-electron chi connectivity index (χ0n) is 38.2. The average molecular weight is 1140 g/mol. The first-order valence-electron chi connectivity index (χ1n) is 21.5. The Balaban J connectivity index is 0.000000397. The van der Waals surface area contributed by atoms with Gasteiger partial charge in [0.25, 0.3) is 0 Å². The Labute approximate surface area is 422 Å². The van der Waals surface area contributed by atoms with Crippen molar-refractivity contribution in [2.45, 2.75) is 69.3 Å². The molecule has 412 valence electrons. The molecular weight excluding hydrogens is 1110 g/mol. The van der Waals surface area contributed by atoms with E-state index >= 15 is 0 Å². The lowest BCUT2D eigenvalue weighted by Gasteiger charge is -2.46. The van der Waals surface area contributed by atoms with E-state index in [-0.39, 0.29) is 0 Å². The number of aryl methyl sites for hydroxylation is 1. The number of alkyl halides is 24. The van der Waals surface area contributed by atoms with Gasteiger partial charge in [-0.05, 0) is 36.8 Å². The van der Waals surface area contributed by atoms with Crippen LogP contribution in [-0.4, -0.2) is 6.15 Å². The highest BCUT2D eigenvalue weighted by Gasteiger charge is 2.47. The highest BCUT2D eigenvalue weighted by atomic mass is 32.1.